The Morgan fingerprint density at radius 3 is 2.56 bits per heavy atom. The number of carbonyl (C=O) groups is 2. The normalized spacial score (nSPS) is 16.8. The van der Waals surface area contributed by atoms with Crippen LogP contribution < -0.4 is 0 Å². The van der Waals surface area contributed by atoms with E-state index in [1.54, 1.807) is 6.08 Å². The molecule has 1 heterocycles. The van der Waals surface area contributed by atoms with Crippen molar-refractivity contribution in [3.8, 4) is 0 Å². The molecule has 0 aromatic heterocycles. The lowest BCUT2D eigenvalue weighted by Crippen LogP contribution is -2.25. The Bertz CT molecular complexity index is 352. The molecule has 18 heavy (non-hydrogen) atoms. The minimum absolute atomic E-state index is 0.116. The van der Waals surface area contributed by atoms with E-state index in [4.69, 9.17) is 5.11 Å². The Labute approximate surface area is 108 Å². The lowest BCUT2D eigenvalue weighted by molar-refractivity contribution is -0.123. The molecule has 0 aromatic rings. The summed E-state index contributed by atoms with van der Waals surface area (Å²) in [6.07, 6.45) is 10.4. The van der Waals surface area contributed by atoms with Gasteiger partial charge in [-0.05, 0) is 37.3 Å². The van der Waals surface area contributed by atoms with E-state index in [1.807, 2.05) is 11.0 Å². The Morgan fingerprint density at radius 1 is 1.22 bits per heavy atom. The molecule has 1 saturated carbocycles. The van der Waals surface area contributed by atoms with Crippen LogP contribution in [-0.4, -0.2) is 35.9 Å². The number of hydrogen-bond acceptors (Lipinski definition) is 3. The number of aliphatic hydroxyl groups excluding tert-OH is 1. The maximum Gasteiger partial charge on any atom is 0.251 e. The zero-order valence-electron chi connectivity index (χ0n) is 10.9. The molecule has 0 saturated heterocycles. The largest absolute Gasteiger partial charge is 0.400 e. The van der Waals surface area contributed by atoms with E-state index in [0.29, 0.717) is 6.42 Å². The average Bonchev–Trinajstić information content (AvgIpc) is 3.18. The van der Waals surface area contributed by atoms with Gasteiger partial charge in [0.1, 0.15) is 6.29 Å². The van der Waals surface area contributed by atoms with Crippen molar-refractivity contribution in [1.82, 2.24) is 4.90 Å². The lowest BCUT2D eigenvalue weighted by Gasteiger charge is -2.17. The standard InChI is InChI=1S/C13H17NO2.CH4O/c15-10-4-2-1-3-9-14-12(11-5-6-11)7-8-13(14)16;1-2/h7-8,10H,1-6,9H2;2H,1H3. The summed E-state index contributed by atoms with van der Waals surface area (Å²) in [5.74, 6) is 0.116. The fraction of sp³-hybridized carbons (Fsp3) is 0.571. The van der Waals surface area contributed by atoms with Crippen LogP contribution in [0.15, 0.2) is 23.4 Å². The van der Waals surface area contributed by atoms with Crippen molar-refractivity contribution in [3.05, 3.63) is 23.4 Å². The zero-order valence-corrected chi connectivity index (χ0v) is 10.9. The molecule has 0 radical (unpaired) electrons. The van der Waals surface area contributed by atoms with Crippen molar-refractivity contribution in [1.29, 1.82) is 0 Å². The van der Waals surface area contributed by atoms with Gasteiger partial charge in [0.05, 0.1) is 0 Å². The third kappa shape index (κ3) is 4.11. The first kappa shape index (κ1) is 14.6. The summed E-state index contributed by atoms with van der Waals surface area (Å²) in [6, 6.07) is 0. The van der Waals surface area contributed by atoms with Gasteiger partial charge in [-0.3, -0.25) is 4.79 Å². The van der Waals surface area contributed by atoms with Crippen molar-refractivity contribution >= 4 is 12.2 Å². The molecule has 2 rings (SSSR count). The summed E-state index contributed by atoms with van der Waals surface area (Å²) in [5.41, 5.74) is 2.55. The predicted octanol–water partition coefficient (Wildman–Crippen LogP) is 1.80. The highest BCUT2D eigenvalue weighted by Gasteiger charge is 2.26. The van der Waals surface area contributed by atoms with Gasteiger partial charge in [-0.25, -0.2) is 0 Å². The Hall–Kier alpha value is -1.42. The Balaban J connectivity index is 0.000000771. The highest BCUT2D eigenvalue weighted by atomic mass is 16.2. The highest BCUT2D eigenvalue weighted by Crippen LogP contribution is 2.35. The SMILES string of the molecule is CO.O=CCCCCCN1C(=O)C=CC1=C1CC1. The highest BCUT2D eigenvalue weighted by molar-refractivity contribution is 5.93. The number of carbonyl (C=O) groups excluding carboxylic acids is 2. The van der Waals surface area contributed by atoms with Gasteiger partial charge < -0.3 is 14.8 Å². The molecule has 1 fully saturated rings. The summed E-state index contributed by atoms with van der Waals surface area (Å²) in [6.45, 7) is 0.795. The second-order valence-electron chi connectivity index (χ2n) is 4.33. The number of nitrogens with zero attached hydrogens (tertiary/aromatic N) is 1. The molecule has 4 nitrogen and oxygen atoms in total. The molecule has 0 atom stereocenters. The molecule has 100 valence electrons. The van der Waals surface area contributed by atoms with E-state index in [9.17, 15) is 9.59 Å². The number of rotatable bonds is 6. The van der Waals surface area contributed by atoms with Crippen LogP contribution in [0, 0.1) is 0 Å². The average molecular weight is 251 g/mol. The molecule has 0 bridgehead atoms. The monoisotopic (exact) mass is 251 g/mol. The Kier molecular flexibility index (Phi) is 6.36. The molecule has 1 aliphatic carbocycles. The minimum Gasteiger partial charge on any atom is -0.400 e. The second kappa shape index (κ2) is 7.82. The van der Waals surface area contributed by atoms with Crippen molar-refractivity contribution < 1.29 is 14.7 Å². The van der Waals surface area contributed by atoms with Crippen LogP contribution >= 0.6 is 0 Å². The molecule has 4 heteroatoms. The van der Waals surface area contributed by atoms with Crippen molar-refractivity contribution in [2.45, 2.75) is 38.5 Å². The molecular weight excluding hydrogens is 230 g/mol. The van der Waals surface area contributed by atoms with E-state index in [2.05, 4.69) is 0 Å². The quantitative estimate of drug-likeness (QED) is 0.578. The summed E-state index contributed by atoms with van der Waals surface area (Å²) in [5, 5.41) is 7.00. The predicted molar refractivity (Wildman–Crippen MR) is 69.8 cm³/mol. The van der Waals surface area contributed by atoms with Gasteiger partial charge in [0.25, 0.3) is 5.91 Å². The van der Waals surface area contributed by atoms with Gasteiger partial charge in [0, 0.05) is 31.8 Å². The molecule has 2 aliphatic rings. The van der Waals surface area contributed by atoms with Crippen molar-refractivity contribution in [3.63, 3.8) is 0 Å². The second-order valence-corrected chi connectivity index (χ2v) is 4.33. The molecular formula is C14H21NO3. The first-order valence-corrected chi connectivity index (χ1v) is 6.43. The molecule has 0 aromatic carbocycles. The third-order valence-corrected chi connectivity index (χ3v) is 3.01. The zero-order chi connectivity index (χ0) is 13.4. The van der Waals surface area contributed by atoms with Crippen LogP contribution in [0.5, 0.6) is 0 Å². The first-order valence-electron chi connectivity index (χ1n) is 6.43. The molecule has 1 N–H and O–H groups in total. The van der Waals surface area contributed by atoms with Crippen LogP contribution in [-0.2, 0) is 9.59 Å². The number of aldehydes is 1. The van der Waals surface area contributed by atoms with Crippen molar-refractivity contribution in [2.75, 3.05) is 13.7 Å². The maximum absolute atomic E-state index is 11.6. The van der Waals surface area contributed by atoms with E-state index < -0.39 is 0 Å². The van der Waals surface area contributed by atoms with E-state index in [0.717, 1.165) is 57.7 Å². The van der Waals surface area contributed by atoms with Gasteiger partial charge >= 0.3 is 0 Å². The van der Waals surface area contributed by atoms with Crippen LogP contribution in [0.1, 0.15) is 38.5 Å². The topological polar surface area (TPSA) is 57.6 Å². The fourth-order valence-corrected chi connectivity index (χ4v) is 1.98. The van der Waals surface area contributed by atoms with E-state index in [1.165, 1.54) is 5.57 Å². The summed E-state index contributed by atoms with van der Waals surface area (Å²) < 4.78 is 0. The summed E-state index contributed by atoms with van der Waals surface area (Å²) in [4.78, 5) is 23.6. The number of aliphatic hydroxyl groups is 1. The van der Waals surface area contributed by atoms with Crippen molar-refractivity contribution in [2.24, 2.45) is 0 Å². The number of allylic oxidation sites excluding steroid dienone is 2. The summed E-state index contributed by atoms with van der Waals surface area (Å²) in [7, 11) is 1.00. The smallest absolute Gasteiger partial charge is 0.251 e. The van der Waals surface area contributed by atoms with Crippen LogP contribution in [0.3, 0.4) is 0 Å². The fourth-order valence-electron chi connectivity index (χ4n) is 1.98. The van der Waals surface area contributed by atoms with Crippen LogP contribution in [0.4, 0.5) is 0 Å². The number of amides is 1. The first-order chi connectivity index (χ1) is 8.83. The van der Waals surface area contributed by atoms with Crippen LogP contribution in [0.25, 0.3) is 0 Å². The number of unbranched alkanes of at least 4 members (excludes halogenated alkanes) is 3. The summed E-state index contributed by atoms with van der Waals surface area (Å²) >= 11 is 0. The molecule has 0 unspecified atom stereocenters. The van der Waals surface area contributed by atoms with E-state index >= 15 is 0 Å². The van der Waals surface area contributed by atoms with Gasteiger partial charge in [-0.15, -0.1) is 0 Å². The number of hydrogen-bond donors (Lipinski definition) is 1. The van der Waals surface area contributed by atoms with Gasteiger partial charge in [0.15, 0.2) is 0 Å². The lowest BCUT2D eigenvalue weighted by atomic mass is 10.2. The van der Waals surface area contributed by atoms with Crippen LogP contribution in [0.2, 0.25) is 0 Å². The van der Waals surface area contributed by atoms with Gasteiger partial charge in [0.2, 0.25) is 0 Å². The van der Waals surface area contributed by atoms with E-state index in [-0.39, 0.29) is 5.91 Å². The Morgan fingerprint density at radius 2 is 1.94 bits per heavy atom. The third-order valence-electron chi connectivity index (χ3n) is 3.01. The van der Waals surface area contributed by atoms with Gasteiger partial charge in [-0.1, -0.05) is 6.42 Å². The molecule has 0 spiro atoms. The maximum atomic E-state index is 11.6. The van der Waals surface area contributed by atoms with Gasteiger partial charge in [-0.2, -0.15) is 0 Å². The molecule has 1 aliphatic heterocycles. The minimum atomic E-state index is 0.116. The molecule has 1 amide bonds.